The Bertz CT molecular complexity index is 640. The Labute approximate surface area is 109 Å². The molecular formula is C14H12N2O3. The number of hydrogen-bond donors (Lipinski definition) is 2. The molecule has 0 spiro atoms. The van der Waals surface area contributed by atoms with Crippen LogP contribution in [0.5, 0.6) is 11.5 Å². The molecule has 5 heteroatoms. The zero-order valence-corrected chi connectivity index (χ0v) is 10.1. The van der Waals surface area contributed by atoms with Gasteiger partial charge in [-0.1, -0.05) is 6.07 Å². The molecule has 19 heavy (non-hydrogen) atoms. The van der Waals surface area contributed by atoms with E-state index in [1.807, 2.05) is 0 Å². The Hall–Kier alpha value is -2.69. The molecule has 5 nitrogen and oxygen atoms in total. The second-order valence-electron chi connectivity index (χ2n) is 4.15. The molecule has 0 aromatic heterocycles. The molecule has 96 valence electrons. The van der Waals surface area contributed by atoms with Crippen molar-refractivity contribution >= 4 is 17.3 Å². The van der Waals surface area contributed by atoms with Gasteiger partial charge in [0.1, 0.15) is 0 Å². The summed E-state index contributed by atoms with van der Waals surface area (Å²) in [6.45, 7) is 0.190. The molecular weight excluding hydrogens is 244 g/mol. The third-order valence-corrected chi connectivity index (χ3v) is 2.78. The van der Waals surface area contributed by atoms with Gasteiger partial charge >= 0.3 is 0 Å². The predicted molar refractivity (Wildman–Crippen MR) is 71.4 cm³/mol. The highest BCUT2D eigenvalue weighted by molar-refractivity contribution is 6.04. The normalized spacial score (nSPS) is 12.2. The first kappa shape index (κ1) is 11.4. The zero-order valence-electron chi connectivity index (χ0n) is 10.1. The highest BCUT2D eigenvalue weighted by Crippen LogP contribution is 2.32. The van der Waals surface area contributed by atoms with Gasteiger partial charge in [-0.3, -0.25) is 4.79 Å². The Morgan fingerprint density at radius 3 is 2.79 bits per heavy atom. The van der Waals surface area contributed by atoms with Crippen LogP contribution in [0.3, 0.4) is 0 Å². The number of anilines is 2. The summed E-state index contributed by atoms with van der Waals surface area (Å²) >= 11 is 0. The van der Waals surface area contributed by atoms with E-state index in [0.717, 1.165) is 0 Å². The fraction of sp³-hybridized carbons (Fsp3) is 0.0714. The number of nitrogens with one attached hydrogen (secondary N) is 1. The Morgan fingerprint density at radius 1 is 1.11 bits per heavy atom. The van der Waals surface area contributed by atoms with Crippen molar-refractivity contribution in [2.24, 2.45) is 0 Å². The maximum Gasteiger partial charge on any atom is 0.255 e. The summed E-state index contributed by atoms with van der Waals surface area (Å²) in [5.41, 5.74) is 7.42. The van der Waals surface area contributed by atoms with Gasteiger partial charge in [-0.05, 0) is 36.4 Å². The summed E-state index contributed by atoms with van der Waals surface area (Å²) in [5, 5.41) is 2.77. The van der Waals surface area contributed by atoms with E-state index in [4.69, 9.17) is 15.2 Å². The van der Waals surface area contributed by atoms with Gasteiger partial charge < -0.3 is 20.5 Å². The smallest absolute Gasteiger partial charge is 0.255 e. The van der Waals surface area contributed by atoms with Crippen LogP contribution in [-0.2, 0) is 0 Å². The lowest BCUT2D eigenvalue weighted by atomic mass is 10.2. The standard InChI is InChI=1S/C14H12N2O3/c15-10-2-1-3-11(7-10)16-14(17)9-4-5-12-13(6-9)19-8-18-12/h1-7H,8,15H2,(H,16,17). The van der Waals surface area contributed by atoms with Crippen LogP contribution in [0, 0.1) is 0 Å². The quantitative estimate of drug-likeness (QED) is 0.808. The van der Waals surface area contributed by atoms with Crippen LogP contribution in [0.25, 0.3) is 0 Å². The van der Waals surface area contributed by atoms with E-state index >= 15 is 0 Å². The summed E-state index contributed by atoms with van der Waals surface area (Å²) in [4.78, 5) is 12.1. The second kappa shape index (κ2) is 4.53. The largest absolute Gasteiger partial charge is 0.454 e. The highest BCUT2D eigenvalue weighted by Gasteiger charge is 2.16. The van der Waals surface area contributed by atoms with Crippen molar-refractivity contribution in [2.45, 2.75) is 0 Å². The minimum absolute atomic E-state index is 0.190. The third-order valence-electron chi connectivity index (χ3n) is 2.78. The summed E-state index contributed by atoms with van der Waals surface area (Å²) in [6.07, 6.45) is 0. The number of fused-ring (bicyclic) bond motifs is 1. The van der Waals surface area contributed by atoms with E-state index in [0.29, 0.717) is 28.4 Å². The van der Waals surface area contributed by atoms with Gasteiger partial charge in [0.2, 0.25) is 6.79 Å². The zero-order chi connectivity index (χ0) is 13.2. The van der Waals surface area contributed by atoms with Crippen molar-refractivity contribution in [1.82, 2.24) is 0 Å². The van der Waals surface area contributed by atoms with Crippen LogP contribution in [-0.4, -0.2) is 12.7 Å². The molecule has 3 rings (SSSR count). The molecule has 0 bridgehead atoms. The lowest BCUT2D eigenvalue weighted by molar-refractivity contribution is 0.102. The number of carbonyl (C=O) groups excluding carboxylic acids is 1. The van der Waals surface area contributed by atoms with Gasteiger partial charge in [0, 0.05) is 16.9 Å². The molecule has 2 aromatic rings. The van der Waals surface area contributed by atoms with Crippen molar-refractivity contribution in [1.29, 1.82) is 0 Å². The molecule has 2 aromatic carbocycles. The molecule has 1 aliphatic heterocycles. The average Bonchev–Trinajstić information content (AvgIpc) is 2.85. The number of benzene rings is 2. The maximum atomic E-state index is 12.1. The summed E-state index contributed by atoms with van der Waals surface area (Å²) in [7, 11) is 0. The molecule has 0 fully saturated rings. The van der Waals surface area contributed by atoms with Gasteiger partial charge in [-0.15, -0.1) is 0 Å². The number of amides is 1. The lowest BCUT2D eigenvalue weighted by Gasteiger charge is -2.06. The second-order valence-corrected chi connectivity index (χ2v) is 4.15. The number of ether oxygens (including phenoxy) is 2. The predicted octanol–water partition coefficient (Wildman–Crippen LogP) is 2.25. The number of nitrogens with two attached hydrogens (primary N) is 1. The maximum absolute atomic E-state index is 12.1. The first-order chi connectivity index (χ1) is 9.22. The molecule has 0 radical (unpaired) electrons. The Morgan fingerprint density at radius 2 is 1.95 bits per heavy atom. The van der Waals surface area contributed by atoms with Crippen molar-refractivity contribution in [3.05, 3.63) is 48.0 Å². The van der Waals surface area contributed by atoms with Crippen LogP contribution in [0.4, 0.5) is 11.4 Å². The topological polar surface area (TPSA) is 73.6 Å². The summed E-state index contributed by atoms with van der Waals surface area (Å²) < 4.78 is 10.4. The Balaban J connectivity index is 1.81. The van der Waals surface area contributed by atoms with E-state index in [1.54, 1.807) is 42.5 Å². The van der Waals surface area contributed by atoms with E-state index in [1.165, 1.54) is 0 Å². The molecule has 0 saturated carbocycles. The Kier molecular flexibility index (Phi) is 2.72. The number of rotatable bonds is 2. The minimum atomic E-state index is -0.219. The van der Waals surface area contributed by atoms with Crippen LogP contribution >= 0.6 is 0 Å². The molecule has 0 saturated heterocycles. The number of hydrogen-bond acceptors (Lipinski definition) is 4. The van der Waals surface area contributed by atoms with Gasteiger partial charge in [0.05, 0.1) is 0 Å². The van der Waals surface area contributed by atoms with Gasteiger partial charge in [0.15, 0.2) is 11.5 Å². The van der Waals surface area contributed by atoms with Crippen molar-refractivity contribution < 1.29 is 14.3 Å². The van der Waals surface area contributed by atoms with Gasteiger partial charge in [0.25, 0.3) is 5.91 Å². The molecule has 1 aliphatic rings. The average molecular weight is 256 g/mol. The molecule has 1 amide bonds. The summed E-state index contributed by atoms with van der Waals surface area (Å²) in [5.74, 6) is 1.02. The number of nitrogen functional groups attached to an aromatic ring is 1. The third kappa shape index (κ3) is 2.30. The first-order valence-corrected chi connectivity index (χ1v) is 5.79. The fourth-order valence-electron chi connectivity index (χ4n) is 1.86. The summed E-state index contributed by atoms with van der Waals surface area (Å²) in [6, 6.07) is 12.1. The van der Waals surface area contributed by atoms with E-state index in [2.05, 4.69) is 5.32 Å². The molecule has 0 aliphatic carbocycles. The van der Waals surface area contributed by atoms with E-state index in [-0.39, 0.29) is 12.7 Å². The van der Waals surface area contributed by atoms with Crippen LogP contribution in [0.1, 0.15) is 10.4 Å². The number of carbonyl (C=O) groups is 1. The van der Waals surface area contributed by atoms with E-state index in [9.17, 15) is 4.79 Å². The van der Waals surface area contributed by atoms with Gasteiger partial charge in [-0.25, -0.2) is 0 Å². The van der Waals surface area contributed by atoms with Gasteiger partial charge in [-0.2, -0.15) is 0 Å². The first-order valence-electron chi connectivity index (χ1n) is 5.79. The van der Waals surface area contributed by atoms with Crippen molar-refractivity contribution in [3.63, 3.8) is 0 Å². The van der Waals surface area contributed by atoms with Crippen molar-refractivity contribution in [3.8, 4) is 11.5 Å². The lowest BCUT2D eigenvalue weighted by Crippen LogP contribution is -2.11. The molecule has 3 N–H and O–H groups in total. The van der Waals surface area contributed by atoms with E-state index < -0.39 is 0 Å². The van der Waals surface area contributed by atoms with Crippen LogP contribution < -0.4 is 20.5 Å². The molecule has 0 atom stereocenters. The van der Waals surface area contributed by atoms with Crippen molar-refractivity contribution in [2.75, 3.05) is 17.8 Å². The molecule has 1 heterocycles. The fourth-order valence-corrected chi connectivity index (χ4v) is 1.86. The minimum Gasteiger partial charge on any atom is -0.454 e. The highest BCUT2D eigenvalue weighted by atomic mass is 16.7. The van der Waals surface area contributed by atoms with Crippen LogP contribution in [0.15, 0.2) is 42.5 Å². The van der Waals surface area contributed by atoms with Crippen LogP contribution in [0.2, 0.25) is 0 Å². The molecule has 0 unspecified atom stereocenters. The monoisotopic (exact) mass is 256 g/mol. The SMILES string of the molecule is Nc1cccc(NC(=O)c2ccc3c(c2)OCO3)c1.